The van der Waals surface area contributed by atoms with Gasteiger partial charge in [0.05, 0.1) is 0 Å². The van der Waals surface area contributed by atoms with Crippen molar-refractivity contribution >= 4 is 32.1 Å². The molecular formula is C10H5BrF6O3S. The van der Waals surface area contributed by atoms with E-state index in [1.807, 2.05) is 0 Å². The molecular weight excluding hydrogens is 394 g/mol. The van der Waals surface area contributed by atoms with Gasteiger partial charge in [-0.15, -0.1) is 0 Å². The molecule has 0 unspecified atom stereocenters. The van der Waals surface area contributed by atoms with Gasteiger partial charge < -0.3 is 4.18 Å². The highest BCUT2D eigenvalue weighted by Crippen LogP contribution is 2.35. The quantitative estimate of drug-likeness (QED) is 0.331. The molecule has 0 fully saturated rings. The monoisotopic (exact) mass is 398 g/mol. The number of hydrogen-bond acceptors (Lipinski definition) is 3. The zero-order chi connectivity index (χ0) is 16.5. The maximum atomic E-state index is 12.6. The molecule has 1 aromatic carbocycles. The number of alkyl halides is 6. The van der Waals surface area contributed by atoms with E-state index >= 15 is 0 Å². The van der Waals surface area contributed by atoms with Crippen molar-refractivity contribution in [1.82, 2.24) is 0 Å². The molecule has 0 heterocycles. The molecule has 11 heteroatoms. The summed E-state index contributed by atoms with van der Waals surface area (Å²) in [5.41, 5.74) is -6.17. The van der Waals surface area contributed by atoms with Gasteiger partial charge in [0.2, 0.25) is 5.76 Å². The lowest BCUT2D eigenvalue weighted by Crippen LogP contribution is -2.28. The number of rotatable bonds is 3. The summed E-state index contributed by atoms with van der Waals surface area (Å²) in [6.07, 6.45) is -5.28. The lowest BCUT2D eigenvalue weighted by molar-refractivity contribution is -0.118. The van der Waals surface area contributed by atoms with Crippen molar-refractivity contribution in [3.05, 3.63) is 40.1 Å². The van der Waals surface area contributed by atoms with Crippen molar-refractivity contribution in [2.24, 2.45) is 0 Å². The molecule has 118 valence electrons. The number of halogens is 7. The zero-order valence-electron chi connectivity index (χ0n) is 9.67. The Hall–Kier alpha value is -1.23. The van der Waals surface area contributed by atoms with Crippen LogP contribution in [0.3, 0.4) is 0 Å². The first-order valence-corrected chi connectivity index (χ1v) is 7.09. The fourth-order valence-corrected chi connectivity index (χ4v) is 1.92. The van der Waals surface area contributed by atoms with Crippen LogP contribution in [0.5, 0.6) is 0 Å². The van der Waals surface area contributed by atoms with E-state index in [0.717, 1.165) is 6.07 Å². The first-order chi connectivity index (χ1) is 9.34. The minimum atomic E-state index is -6.42. The van der Waals surface area contributed by atoms with E-state index in [4.69, 9.17) is 0 Å². The minimum absolute atomic E-state index is 0.111. The summed E-state index contributed by atoms with van der Waals surface area (Å²) in [6, 6.07) is 5.20. The van der Waals surface area contributed by atoms with Gasteiger partial charge in [0.1, 0.15) is 0 Å². The summed E-state index contributed by atoms with van der Waals surface area (Å²) in [7, 11) is -6.42. The summed E-state index contributed by atoms with van der Waals surface area (Å²) < 4.78 is 98.8. The second-order valence-electron chi connectivity index (χ2n) is 3.51. The molecule has 1 rings (SSSR count). The maximum Gasteiger partial charge on any atom is 0.534 e. The van der Waals surface area contributed by atoms with Gasteiger partial charge in [0.15, 0.2) is 0 Å². The van der Waals surface area contributed by atoms with Crippen LogP contribution in [0.25, 0.3) is 6.08 Å². The van der Waals surface area contributed by atoms with Crippen LogP contribution in [-0.4, -0.2) is 20.1 Å². The van der Waals surface area contributed by atoms with Gasteiger partial charge >= 0.3 is 21.8 Å². The van der Waals surface area contributed by atoms with Gasteiger partial charge in [0, 0.05) is 4.47 Å². The van der Waals surface area contributed by atoms with Gasteiger partial charge in [-0.25, -0.2) is 0 Å². The molecule has 0 saturated heterocycles. The molecule has 0 amide bonds. The van der Waals surface area contributed by atoms with Crippen LogP contribution in [0.2, 0.25) is 0 Å². The highest BCUT2D eigenvalue weighted by Gasteiger charge is 2.52. The first-order valence-electron chi connectivity index (χ1n) is 4.89. The van der Waals surface area contributed by atoms with Gasteiger partial charge in [-0.05, 0) is 17.7 Å². The molecule has 0 N–H and O–H groups in total. The lowest BCUT2D eigenvalue weighted by Gasteiger charge is -2.14. The Bertz CT molecular complexity index is 647. The SMILES string of the molecule is O=S(=O)(O/C(=C\c1ccccc1Br)C(F)(F)F)C(F)(F)F. The van der Waals surface area contributed by atoms with E-state index < -0.39 is 27.6 Å². The first kappa shape index (κ1) is 17.8. The number of allylic oxidation sites excluding steroid dienone is 1. The molecule has 0 saturated carbocycles. The Morgan fingerprint density at radius 2 is 1.62 bits per heavy atom. The lowest BCUT2D eigenvalue weighted by atomic mass is 10.2. The van der Waals surface area contributed by atoms with E-state index in [2.05, 4.69) is 20.1 Å². The Kier molecular flexibility index (Phi) is 4.98. The molecule has 0 radical (unpaired) electrons. The number of benzene rings is 1. The molecule has 0 atom stereocenters. The van der Waals surface area contributed by atoms with E-state index in [9.17, 15) is 34.8 Å². The summed E-state index contributed by atoms with van der Waals surface area (Å²) >= 11 is 2.87. The van der Waals surface area contributed by atoms with Crippen molar-refractivity contribution in [2.45, 2.75) is 11.7 Å². The van der Waals surface area contributed by atoms with E-state index in [0.29, 0.717) is 0 Å². The predicted molar refractivity (Wildman–Crippen MR) is 64.2 cm³/mol. The Balaban J connectivity index is 3.31. The van der Waals surface area contributed by atoms with Crippen molar-refractivity contribution in [3.8, 4) is 0 Å². The second-order valence-corrected chi connectivity index (χ2v) is 5.90. The topological polar surface area (TPSA) is 43.4 Å². The smallest absolute Gasteiger partial charge is 0.371 e. The average molecular weight is 399 g/mol. The molecule has 0 aliphatic rings. The largest absolute Gasteiger partial charge is 0.534 e. The predicted octanol–water partition coefficient (Wildman–Crippen LogP) is 4.22. The van der Waals surface area contributed by atoms with Gasteiger partial charge in [-0.1, -0.05) is 34.1 Å². The van der Waals surface area contributed by atoms with Crippen molar-refractivity contribution in [1.29, 1.82) is 0 Å². The average Bonchev–Trinajstić information content (AvgIpc) is 2.28. The third kappa shape index (κ3) is 4.63. The Labute approximate surface area is 123 Å². The Morgan fingerprint density at radius 3 is 2.05 bits per heavy atom. The summed E-state index contributed by atoms with van der Waals surface area (Å²) in [5.74, 6) is -2.30. The summed E-state index contributed by atoms with van der Waals surface area (Å²) in [5, 5.41) is 0. The van der Waals surface area contributed by atoms with Crippen molar-refractivity contribution in [3.63, 3.8) is 0 Å². The second kappa shape index (κ2) is 5.87. The fourth-order valence-electron chi connectivity index (χ4n) is 1.05. The van der Waals surface area contributed by atoms with Crippen molar-refractivity contribution < 1.29 is 38.9 Å². The maximum absolute atomic E-state index is 12.6. The standard InChI is InChI=1S/C10H5BrF6O3S/c11-7-4-2-1-3-6(7)5-8(9(12,13)14)20-21(18,19)10(15,16)17/h1-5H/b8-5-. The van der Waals surface area contributed by atoms with Crippen LogP contribution < -0.4 is 0 Å². The summed E-state index contributed by atoms with van der Waals surface area (Å²) in [6.45, 7) is 0. The van der Waals surface area contributed by atoms with Crippen LogP contribution >= 0.6 is 15.9 Å². The minimum Gasteiger partial charge on any atom is -0.371 e. The molecule has 0 spiro atoms. The Morgan fingerprint density at radius 1 is 1.10 bits per heavy atom. The molecule has 0 bridgehead atoms. The van der Waals surface area contributed by atoms with Crippen LogP contribution in [0.4, 0.5) is 26.3 Å². The van der Waals surface area contributed by atoms with Crippen molar-refractivity contribution in [2.75, 3.05) is 0 Å². The molecule has 21 heavy (non-hydrogen) atoms. The van der Waals surface area contributed by atoms with Crippen LogP contribution in [0.15, 0.2) is 34.5 Å². The van der Waals surface area contributed by atoms with Gasteiger partial charge in [-0.2, -0.15) is 34.8 Å². The van der Waals surface area contributed by atoms with Gasteiger partial charge in [-0.3, -0.25) is 0 Å². The molecule has 0 aliphatic heterocycles. The molecule has 1 aromatic rings. The highest BCUT2D eigenvalue weighted by atomic mass is 79.9. The fraction of sp³-hybridized carbons (Fsp3) is 0.200. The third-order valence-corrected chi connectivity index (χ3v) is 3.64. The van der Waals surface area contributed by atoms with E-state index in [1.165, 1.54) is 18.2 Å². The molecule has 0 aliphatic carbocycles. The van der Waals surface area contributed by atoms with E-state index in [-0.39, 0.29) is 16.1 Å². The summed E-state index contributed by atoms with van der Waals surface area (Å²) in [4.78, 5) is 0. The van der Waals surface area contributed by atoms with E-state index in [1.54, 1.807) is 0 Å². The zero-order valence-corrected chi connectivity index (χ0v) is 12.1. The van der Waals surface area contributed by atoms with Crippen LogP contribution in [0.1, 0.15) is 5.56 Å². The normalized spacial score (nSPS) is 14.1. The highest BCUT2D eigenvalue weighted by molar-refractivity contribution is 9.10. The number of hydrogen-bond donors (Lipinski definition) is 0. The molecule has 0 aromatic heterocycles. The molecule has 3 nitrogen and oxygen atoms in total. The third-order valence-electron chi connectivity index (χ3n) is 1.95. The van der Waals surface area contributed by atoms with Crippen LogP contribution in [-0.2, 0) is 14.3 Å². The van der Waals surface area contributed by atoms with Crippen LogP contribution in [0, 0.1) is 0 Å². The van der Waals surface area contributed by atoms with Gasteiger partial charge in [0.25, 0.3) is 0 Å².